The lowest BCUT2D eigenvalue weighted by Gasteiger charge is -2.23. The maximum Gasteiger partial charge on any atom is 0.174 e. The van der Waals surface area contributed by atoms with E-state index in [1.54, 1.807) is 0 Å². The Morgan fingerprint density at radius 2 is 1.95 bits per heavy atom. The van der Waals surface area contributed by atoms with E-state index in [-0.39, 0.29) is 0 Å². The molecule has 0 spiro atoms. The van der Waals surface area contributed by atoms with Gasteiger partial charge in [0.05, 0.1) is 12.3 Å². The van der Waals surface area contributed by atoms with Crippen LogP contribution in [0.4, 0.5) is 5.69 Å². The molecule has 0 radical (unpaired) electrons. The largest absolute Gasteiger partial charge is 0.492 e. The van der Waals surface area contributed by atoms with Gasteiger partial charge in [0.15, 0.2) is 5.11 Å². The van der Waals surface area contributed by atoms with Crippen LogP contribution in [-0.4, -0.2) is 29.7 Å². The fraction of sp³-hybridized carbons (Fsp3) is 0.267. The molecule has 0 fully saturated rings. The highest BCUT2D eigenvalue weighted by molar-refractivity contribution is 7.80. The minimum absolute atomic E-state index is 0.620. The smallest absolute Gasteiger partial charge is 0.174 e. The normalized spacial score (nSPS) is 9.53. The van der Waals surface area contributed by atoms with Gasteiger partial charge >= 0.3 is 0 Å². The minimum Gasteiger partial charge on any atom is -0.492 e. The summed E-state index contributed by atoms with van der Waals surface area (Å²) >= 11 is 5.40. The van der Waals surface area contributed by atoms with Crippen LogP contribution < -0.4 is 10.1 Å². The number of rotatable bonds is 7. The lowest BCUT2D eigenvalue weighted by atomic mass is 10.3. The van der Waals surface area contributed by atoms with Gasteiger partial charge in [-0.15, -0.1) is 13.2 Å². The molecule has 1 rings (SSSR count). The van der Waals surface area contributed by atoms with Gasteiger partial charge in [0, 0.05) is 13.1 Å². The van der Waals surface area contributed by atoms with Crippen LogP contribution in [0.5, 0.6) is 5.75 Å². The third kappa shape index (κ3) is 4.75. The Balaban J connectivity index is 2.79. The van der Waals surface area contributed by atoms with Crippen molar-refractivity contribution in [3.63, 3.8) is 0 Å². The number of para-hydroxylation sites is 2. The molecule has 1 N–H and O–H groups in total. The number of anilines is 1. The van der Waals surface area contributed by atoms with E-state index in [0.717, 1.165) is 11.4 Å². The first kappa shape index (κ1) is 15.2. The van der Waals surface area contributed by atoms with Crippen LogP contribution in [0.15, 0.2) is 49.6 Å². The molecular weight excluding hydrogens is 256 g/mol. The molecular formula is C15H20N2OS. The van der Waals surface area contributed by atoms with E-state index in [4.69, 9.17) is 17.0 Å². The van der Waals surface area contributed by atoms with Gasteiger partial charge in [-0.05, 0) is 31.3 Å². The molecule has 0 aliphatic heterocycles. The van der Waals surface area contributed by atoms with Gasteiger partial charge in [-0.3, -0.25) is 0 Å². The summed E-state index contributed by atoms with van der Waals surface area (Å²) in [6.07, 6.45) is 3.62. The van der Waals surface area contributed by atoms with Crippen LogP contribution in [0.1, 0.15) is 6.92 Å². The van der Waals surface area contributed by atoms with Gasteiger partial charge in [-0.1, -0.05) is 24.3 Å². The van der Waals surface area contributed by atoms with E-state index in [1.807, 2.05) is 48.2 Å². The molecule has 0 aromatic heterocycles. The molecule has 102 valence electrons. The van der Waals surface area contributed by atoms with Crippen LogP contribution in [0.25, 0.3) is 0 Å². The summed E-state index contributed by atoms with van der Waals surface area (Å²) in [5.41, 5.74) is 0.868. The van der Waals surface area contributed by atoms with E-state index >= 15 is 0 Å². The van der Waals surface area contributed by atoms with Crippen LogP contribution in [-0.2, 0) is 0 Å². The standard InChI is InChI=1S/C15H20N2OS/c1-4-11-17(12-5-2)15(19)16-13-9-7-8-10-14(13)18-6-3/h4-5,7-10H,1-2,6,11-12H2,3H3,(H,16,19). The SMILES string of the molecule is C=CCN(CC=C)C(=S)Nc1ccccc1OCC. The molecule has 19 heavy (non-hydrogen) atoms. The molecule has 3 nitrogen and oxygen atoms in total. The summed E-state index contributed by atoms with van der Waals surface area (Å²) in [7, 11) is 0. The summed E-state index contributed by atoms with van der Waals surface area (Å²) < 4.78 is 5.56. The lowest BCUT2D eigenvalue weighted by Crippen LogP contribution is -2.35. The van der Waals surface area contributed by atoms with Crippen molar-refractivity contribution < 1.29 is 4.74 Å². The third-order valence-electron chi connectivity index (χ3n) is 2.41. The van der Waals surface area contributed by atoms with Crippen molar-refractivity contribution in [1.29, 1.82) is 0 Å². The van der Waals surface area contributed by atoms with Crippen LogP contribution in [0.2, 0.25) is 0 Å². The van der Waals surface area contributed by atoms with Crippen LogP contribution >= 0.6 is 12.2 Å². The second-order valence-electron chi connectivity index (χ2n) is 3.84. The van der Waals surface area contributed by atoms with Crippen molar-refractivity contribution in [3.8, 4) is 5.75 Å². The first-order valence-corrected chi connectivity index (χ1v) is 6.63. The summed E-state index contributed by atoms with van der Waals surface area (Å²) in [6.45, 7) is 11.4. The van der Waals surface area contributed by atoms with Crippen molar-refractivity contribution >= 4 is 23.0 Å². The minimum atomic E-state index is 0.620. The number of thiocarbonyl (C=S) groups is 1. The van der Waals surface area contributed by atoms with Gasteiger partial charge < -0.3 is 15.0 Å². The highest BCUT2D eigenvalue weighted by Gasteiger charge is 2.09. The zero-order valence-electron chi connectivity index (χ0n) is 11.3. The second kappa shape index (κ2) is 8.32. The van der Waals surface area contributed by atoms with Crippen molar-refractivity contribution in [2.75, 3.05) is 25.0 Å². The highest BCUT2D eigenvalue weighted by atomic mass is 32.1. The average Bonchev–Trinajstić information content (AvgIpc) is 2.41. The van der Waals surface area contributed by atoms with Crippen molar-refractivity contribution in [2.24, 2.45) is 0 Å². The molecule has 1 aromatic rings. The van der Waals surface area contributed by atoms with E-state index < -0.39 is 0 Å². The van der Waals surface area contributed by atoms with E-state index in [9.17, 15) is 0 Å². The Bertz CT molecular complexity index is 436. The average molecular weight is 276 g/mol. The summed E-state index contributed by atoms with van der Waals surface area (Å²) in [4.78, 5) is 1.97. The monoisotopic (exact) mass is 276 g/mol. The molecule has 0 bridgehead atoms. The van der Waals surface area contributed by atoms with Gasteiger partial charge in [0.2, 0.25) is 0 Å². The number of benzene rings is 1. The Hall–Kier alpha value is -1.81. The quantitative estimate of drug-likeness (QED) is 0.609. The fourth-order valence-electron chi connectivity index (χ4n) is 1.60. The van der Waals surface area contributed by atoms with Crippen molar-refractivity contribution in [2.45, 2.75) is 6.92 Å². The Kier molecular flexibility index (Phi) is 6.68. The summed E-state index contributed by atoms with van der Waals surface area (Å²) in [5, 5.41) is 3.83. The number of nitrogens with zero attached hydrogens (tertiary/aromatic N) is 1. The molecule has 4 heteroatoms. The summed E-state index contributed by atoms with van der Waals surface area (Å²) in [6, 6.07) is 7.74. The van der Waals surface area contributed by atoms with Crippen molar-refractivity contribution in [1.82, 2.24) is 4.90 Å². The first-order chi connectivity index (χ1) is 9.22. The van der Waals surface area contributed by atoms with E-state index in [2.05, 4.69) is 18.5 Å². The highest BCUT2D eigenvalue weighted by Crippen LogP contribution is 2.24. The maximum atomic E-state index is 5.56. The molecule has 0 saturated carbocycles. The van der Waals surface area contributed by atoms with Gasteiger partial charge in [-0.25, -0.2) is 0 Å². The van der Waals surface area contributed by atoms with E-state index in [1.165, 1.54) is 0 Å². The fourth-order valence-corrected chi connectivity index (χ4v) is 1.86. The zero-order valence-corrected chi connectivity index (χ0v) is 12.1. The first-order valence-electron chi connectivity index (χ1n) is 6.22. The van der Waals surface area contributed by atoms with Gasteiger partial charge in [-0.2, -0.15) is 0 Å². The third-order valence-corrected chi connectivity index (χ3v) is 2.77. The molecule has 0 atom stereocenters. The number of hydrogen-bond acceptors (Lipinski definition) is 2. The van der Waals surface area contributed by atoms with Gasteiger partial charge in [0.25, 0.3) is 0 Å². The summed E-state index contributed by atoms with van der Waals surface area (Å²) in [5.74, 6) is 0.796. The maximum absolute atomic E-state index is 5.56. The topological polar surface area (TPSA) is 24.5 Å². The Morgan fingerprint density at radius 1 is 1.32 bits per heavy atom. The molecule has 0 unspecified atom stereocenters. The Labute approximate surface area is 120 Å². The Morgan fingerprint density at radius 3 is 2.53 bits per heavy atom. The number of nitrogens with one attached hydrogen (secondary N) is 1. The zero-order chi connectivity index (χ0) is 14.1. The molecule has 0 amide bonds. The van der Waals surface area contributed by atoms with Crippen LogP contribution in [0, 0.1) is 0 Å². The second-order valence-corrected chi connectivity index (χ2v) is 4.23. The molecule has 1 aromatic carbocycles. The number of ether oxygens (including phenoxy) is 1. The van der Waals surface area contributed by atoms with Crippen LogP contribution in [0.3, 0.4) is 0 Å². The van der Waals surface area contributed by atoms with Crippen molar-refractivity contribution in [3.05, 3.63) is 49.6 Å². The lowest BCUT2D eigenvalue weighted by molar-refractivity contribution is 0.342. The number of hydrogen-bond donors (Lipinski definition) is 1. The van der Waals surface area contributed by atoms with Gasteiger partial charge in [0.1, 0.15) is 5.75 Å². The predicted molar refractivity (Wildman–Crippen MR) is 85.8 cm³/mol. The molecule has 0 saturated heterocycles. The molecule has 0 aliphatic carbocycles. The van der Waals surface area contributed by atoms with E-state index in [0.29, 0.717) is 24.8 Å². The molecule has 0 aliphatic rings. The molecule has 0 heterocycles. The predicted octanol–water partition coefficient (Wildman–Crippen LogP) is 3.46.